The van der Waals surface area contributed by atoms with Crippen LogP contribution in [0.25, 0.3) is 0 Å². The van der Waals surface area contributed by atoms with Crippen molar-refractivity contribution in [2.45, 2.75) is 12.8 Å². The molecule has 0 radical (unpaired) electrons. The molecule has 0 aromatic heterocycles. The standard InChI is InChI=1S/2C15H13NO3.Mg/c2*16-14-11(9-13(17)18)7-4-8-12(14)15(19)10-5-2-1-3-6-10;/h2*1-8H,9,16H2,(H,17,18);/q;;+2/p-2. The first-order valence-electron chi connectivity index (χ1n) is 11.5. The van der Waals surface area contributed by atoms with Gasteiger partial charge in [0.15, 0.2) is 11.6 Å². The number of anilines is 2. The third-order valence-electron chi connectivity index (χ3n) is 5.62. The minimum atomic E-state index is -1.23. The summed E-state index contributed by atoms with van der Waals surface area (Å²) in [7, 11) is 0. The molecule has 0 bridgehead atoms. The van der Waals surface area contributed by atoms with E-state index in [9.17, 15) is 29.4 Å². The first-order chi connectivity index (χ1) is 18.2. The molecule has 4 aromatic rings. The molecular formula is C30H24MgN2O6. The van der Waals surface area contributed by atoms with Gasteiger partial charge in [-0.15, -0.1) is 0 Å². The summed E-state index contributed by atoms with van der Waals surface area (Å²) in [6.45, 7) is 0. The maximum absolute atomic E-state index is 12.3. The molecule has 9 heteroatoms. The van der Waals surface area contributed by atoms with Crippen molar-refractivity contribution < 1.29 is 29.4 Å². The number of ketones is 2. The van der Waals surface area contributed by atoms with Gasteiger partial charge >= 0.3 is 23.1 Å². The fraction of sp³-hybridized carbons (Fsp3) is 0.0667. The summed E-state index contributed by atoms with van der Waals surface area (Å²) >= 11 is 0. The Kier molecular flexibility index (Phi) is 11.4. The van der Waals surface area contributed by atoms with E-state index < -0.39 is 11.9 Å². The summed E-state index contributed by atoms with van der Waals surface area (Å²) in [5.41, 5.74) is 14.5. The van der Waals surface area contributed by atoms with E-state index in [4.69, 9.17) is 11.5 Å². The number of carbonyl (C=O) groups excluding carboxylic acids is 4. The Morgan fingerprint density at radius 2 is 0.846 bits per heavy atom. The van der Waals surface area contributed by atoms with Gasteiger partial charge in [0, 0.05) is 58.4 Å². The molecule has 0 fully saturated rings. The maximum atomic E-state index is 12.3. The van der Waals surface area contributed by atoms with E-state index in [0.717, 1.165) is 0 Å². The molecule has 0 aliphatic heterocycles. The second-order valence-electron chi connectivity index (χ2n) is 8.24. The van der Waals surface area contributed by atoms with Gasteiger partial charge in [-0.25, -0.2) is 0 Å². The first-order valence-corrected chi connectivity index (χ1v) is 11.5. The molecule has 0 saturated carbocycles. The molecular weight excluding hydrogens is 509 g/mol. The number of aliphatic carboxylic acids is 2. The van der Waals surface area contributed by atoms with Crippen molar-refractivity contribution in [2.24, 2.45) is 0 Å². The average molecular weight is 533 g/mol. The largest absolute Gasteiger partial charge is 2.00 e. The number of nitrogens with two attached hydrogens (primary N) is 2. The molecule has 0 saturated heterocycles. The fourth-order valence-corrected chi connectivity index (χ4v) is 3.73. The monoisotopic (exact) mass is 532 g/mol. The summed E-state index contributed by atoms with van der Waals surface area (Å²) in [5, 5.41) is 21.2. The van der Waals surface area contributed by atoms with Crippen molar-refractivity contribution in [1.82, 2.24) is 0 Å². The molecule has 4 rings (SSSR count). The van der Waals surface area contributed by atoms with E-state index >= 15 is 0 Å². The van der Waals surface area contributed by atoms with E-state index in [1.165, 1.54) is 0 Å². The molecule has 8 nitrogen and oxygen atoms in total. The van der Waals surface area contributed by atoms with Gasteiger partial charge in [-0.2, -0.15) is 0 Å². The smallest absolute Gasteiger partial charge is 0.550 e. The average Bonchev–Trinajstić information content (AvgIpc) is 2.91. The maximum Gasteiger partial charge on any atom is 2.00 e. The molecule has 4 aromatic carbocycles. The van der Waals surface area contributed by atoms with Crippen molar-refractivity contribution in [1.29, 1.82) is 0 Å². The van der Waals surface area contributed by atoms with Gasteiger partial charge in [0.25, 0.3) is 0 Å². The zero-order valence-electron chi connectivity index (χ0n) is 21.0. The second kappa shape index (κ2) is 14.5. The van der Waals surface area contributed by atoms with Crippen molar-refractivity contribution in [3.8, 4) is 0 Å². The summed E-state index contributed by atoms with van der Waals surface area (Å²) in [6.07, 6.45) is -0.608. The predicted octanol–water partition coefficient (Wildman–Crippen LogP) is 1.20. The summed E-state index contributed by atoms with van der Waals surface area (Å²) in [6, 6.07) is 27.0. The number of benzene rings is 4. The van der Waals surface area contributed by atoms with Crippen LogP contribution >= 0.6 is 0 Å². The zero-order valence-corrected chi connectivity index (χ0v) is 22.4. The third kappa shape index (κ3) is 8.26. The fourth-order valence-electron chi connectivity index (χ4n) is 3.73. The SMILES string of the molecule is Nc1c(CC(=O)[O-])cccc1C(=O)c1ccccc1.Nc1c(CC(=O)[O-])cccc1C(=O)c1ccccc1.[Mg+2]. The molecule has 0 atom stereocenters. The van der Waals surface area contributed by atoms with E-state index in [1.54, 1.807) is 84.9 Å². The normalized spacial score (nSPS) is 9.85. The summed E-state index contributed by atoms with van der Waals surface area (Å²) in [5.74, 6) is -2.90. The van der Waals surface area contributed by atoms with Crippen molar-refractivity contribution in [3.63, 3.8) is 0 Å². The summed E-state index contributed by atoms with van der Waals surface area (Å²) in [4.78, 5) is 45.8. The van der Waals surface area contributed by atoms with Crippen molar-refractivity contribution in [3.05, 3.63) is 130 Å². The molecule has 192 valence electrons. The van der Waals surface area contributed by atoms with Crippen LogP contribution in [-0.4, -0.2) is 46.6 Å². The van der Waals surface area contributed by atoms with Crippen LogP contribution in [0.5, 0.6) is 0 Å². The Morgan fingerprint density at radius 3 is 1.15 bits per heavy atom. The molecule has 0 amide bonds. The van der Waals surface area contributed by atoms with Crippen molar-refractivity contribution >= 4 is 57.9 Å². The van der Waals surface area contributed by atoms with Gasteiger partial charge in [0.2, 0.25) is 0 Å². The molecule has 0 spiro atoms. The van der Waals surface area contributed by atoms with E-state index in [-0.39, 0.29) is 58.8 Å². The van der Waals surface area contributed by atoms with Gasteiger partial charge in [-0.3, -0.25) is 9.59 Å². The van der Waals surface area contributed by atoms with Crippen LogP contribution in [0.15, 0.2) is 97.1 Å². The topological polar surface area (TPSA) is 166 Å². The van der Waals surface area contributed by atoms with Gasteiger partial charge in [-0.05, 0) is 23.3 Å². The van der Waals surface area contributed by atoms with Gasteiger partial charge in [-0.1, -0.05) is 84.9 Å². The van der Waals surface area contributed by atoms with Crippen LogP contribution in [0, 0.1) is 0 Å². The van der Waals surface area contributed by atoms with Crippen LogP contribution < -0.4 is 21.7 Å². The molecule has 0 unspecified atom stereocenters. The molecule has 0 heterocycles. The molecule has 0 aliphatic rings. The number of para-hydroxylation sites is 2. The Hall–Kier alpha value is -4.47. The van der Waals surface area contributed by atoms with E-state index in [0.29, 0.717) is 33.4 Å². The molecule has 39 heavy (non-hydrogen) atoms. The third-order valence-corrected chi connectivity index (χ3v) is 5.62. The Morgan fingerprint density at radius 1 is 0.513 bits per heavy atom. The summed E-state index contributed by atoms with van der Waals surface area (Å²) < 4.78 is 0. The molecule has 0 aliphatic carbocycles. The van der Waals surface area contributed by atoms with Gasteiger partial charge in [0.1, 0.15) is 0 Å². The van der Waals surface area contributed by atoms with Crippen LogP contribution in [0.3, 0.4) is 0 Å². The van der Waals surface area contributed by atoms with E-state index in [1.807, 2.05) is 12.1 Å². The van der Waals surface area contributed by atoms with Gasteiger partial charge < -0.3 is 31.3 Å². The van der Waals surface area contributed by atoms with Crippen molar-refractivity contribution in [2.75, 3.05) is 11.5 Å². The van der Waals surface area contributed by atoms with Crippen LogP contribution in [0.2, 0.25) is 0 Å². The van der Waals surface area contributed by atoms with E-state index in [2.05, 4.69) is 0 Å². The quantitative estimate of drug-likeness (QED) is 0.194. The first kappa shape index (κ1) is 30.7. The minimum Gasteiger partial charge on any atom is -0.550 e. The number of hydrogen-bond donors (Lipinski definition) is 2. The predicted molar refractivity (Wildman–Crippen MR) is 145 cm³/mol. The van der Waals surface area contributed by atoms with Crippen LogP contribution in [0.4, 0.5) is 11.4 Å². The Balaban J connectivity index is 0.000000267. The number of rotatable bonds is 8. The van der Waals surface area contributed by atoms with Gasteiger partial charge in [0.05, 0.1) is 0 Å². The number of carboxylic acid groups (broad SMARTS) is 2. The van der Waals surface area contributed by atoms with Crippen LogP contribution in [-0.2, 0) is 22.4 Å². The molecule has 4 N–H and O–H groups in total. The van der Waals surface area contributed by atoms with Crippen LogP contribution in [0.1, 0.15) is 43.0 Å². The number of hydrogen-bond acceptors (Lipinski definition) is 8. The number of carbonyl (C=O) groups is 4. The Bertz CT molecular complexity index is 1360. The second-order valence-corrected chi connectivity index (χ2v) is 8.24. The number of carboxylic acids is 2. The number of nitrogen functional groups attached to an aromatic ring is 2. The Labute approximate surface area is 241 Å². The minimum absolute atomic E-state index is 0. The zero-order chi connectivity index (χ0) is 27.7.